The molecule has 146 valence electrons. The molecule has 1 aliphatic carbocycles. The zero-order valence-corrected chi connectivity index (χ0v) is 19.1. The number of guanidine groups is 1. The normalized spacial score (nSPS) is 32.1. The van der Waals surface area contributed by atoms with Gasteiger partial charge in [-0.2, -0.15) is 11.8 Å². The summed E-state index contributed by atoms with van der Waals surface area (Å²) >= 11 is 2.06. The lowest BCUT2D eigenvalue weighted by atomic mass is 9.55. The minimum Gasteiger partial charge on any atom is -0.377 e. The predicted octanol–water partition coefficient (Wildman–Crippen LogP) is 2.41. The average Bonchev–Trinajstić information content (AvgIpc) is 2.60. The molecule has 1 saturated carbocycles. The molecule has 2 N–H and O–H groups in total. The number of aliphatic imine (C=N–C) groups is 1. The molecule has 3 fully saturated rings. The second-order valence-electron chi connectivity index (χ2n) is 7.76. The number of hydrogen-bond donors (Lipinski definition) is 2. The van der Waals surface area contributed by atoms with E-state index >= 15 is 0 Å². The molecule has 2 saturated heterocycles. The third kappa shape index (κ3) is 5.17. The van der Waals surface area contributed by atoms with E-state index < -0.39 is 0 Å². The summed E-state index contributed by atoms with van der Waals surface area (Å²) in [7, 11) is 0. The fourth-order valence-electron chi connectivity index (χ4n) is 4.41. The Morgan fingerprint density at radius 2 is 2.08 bits per heavy atom. The number of nitrogens with one attached hydrogen (secondary N) is 2. The third-order valence-electron chi connectivity index (χ3n) is 5.76. The summed E-state index contributed by atoms with van der Waals surface area (Å²) in [5.41, 5.74) is 0.186. The van der Waals surface area contributed by atoms with E-state index in [1.165, 1.54) is 37.4 Å². The molecule has 0 amide bonds. The van der Waals surface area contributed by atoms with Crippen molar-refractivity contribution in [2.45, 2.75) is 45.8 Å². The fraction of sp³-hybridized carbons (Fsp3) is 0.944. The lowest BCUT2D eigenvalue weighted by molar-refractivity contribution is -0.188. The van der Waals surface area contributed by atoms with Crippen LogP contribution >= 0.6 is 35.7 Å². The average molecular weight is 482 g/mol. The van der Waals surface area contributed by atoms with Gasteiger partial charge in [-0.3, -0.25) is 9.89 Å². The van der Waals surface area contributed by atoms with Crippen LogP contribution in [0.15, 0.2) is 4.99 Å². The van der Waals surface area contributed by atoms with Gasteiger partial charge in [0, 0.05) is 61.7 Å². The minimum absolute atomic E-state index is 0. The third-order valence-corrected chi connectivity index (χ3v) is 6.70. The molecular formula is C18H35IN4OS. The van der Waals surface area contributed by atoms with E-state index in [-0.39, 0.29) is 29.4 Å². The standard InChI is InChI=1S/C18H34N4OS.HI/c1-4-19-17(20-7-8-22-9-12-24-13-10-22)21-15-14-6-5-11-23-16(14)18(15,2)3;/h14-16H,4-13H2,1-3H3,(H2,19,20,21);1H. The minimum atomic E-state index is 0. The molecule has 3 aliphatic rings. The van der Waals surface area contributed by atoms with Crippen molar-refractivity contribution in [1.82, 2.24) is 15.5 Å². The van der Waals surface area contributed by atoms with E-state index in [1.807, 2.05) is 0 Å². The van der Waals surface area contributed by atoms with Crippen molar-refractivity contribution in [3.8, 4) is 0 Å². The first-order valence-corrected chi connectivity index (χ1v) is 10.7. The molecule has 25 heavy (non-hydrogen) atoms. The highest BCUT2D eigenvalue weighted by atomic mass is 127. The van der Waals surface area contributed by atoms with Crippen LogP contribution in [-0.2, 0) is 4.74 Å². The van der Waals surface area contributed by atoms with Crippen molar-refractivity contribution < 1.29 is 4.74 Å². The largest absolute Gasteiger partial charge is 0.377 e. The number of thioether (sulfide) groups is 1. The number of halogens is 1. The van der Waals surface area contributed by atoms with Gasteiger partial charge in [0.1, 0.15) is 0 Å². The van der Waals surface area contributed by atoms with E-state index in [2.05, 4.69) is 48.1 Å². The summed E-state index contributed by atoms with van der Waals surface area (Å²) in [5, 5.41) is 7.15. The number of rotatable bonds is 5. The maximum atomic E-state index is 6.02. The van der Waals surface area contributed by atoms with Crippen LogP contribution in [0.25, 0.3) is 0 Å². The molecular weight excluding hydrogens is 447 g/mol. The van der Waals surface area contributed by atoms with E-state index in [1.54, 1.807) is 0 Å². The van der Waals surface area contributed by atoms with Gasteiger partial charge in [0.15, 0.2) is 5.96 Å². The Hall–Kier alpha value is 0.270. The van der Waals surface area contributed by atoms with Gasteiger partial charge in [-0.15, -0.1) is 24.0 Å². The van der Waals surface area contributed by atoms with Crippen LogP contribution in [0.1, 0.15) is 33.6 Å². The van der Waals surface area contributed by atoms with Gasteiger partial charge in [0.05, 0.1) is 12.6 Å². The smallest absolute Gasteiger partial charge is 0.191 e. The Balaban J connectivity index is 0.00000225. The highest BCUT2D eigenvalue weighted by Gasteiger charge is 2.58. The molecule has 0 spiro atoms. The monoisotopic (exact) mass is 482 g/mol. The fourth-order valence-corrected chi connectivity index (χ4v) is 5.39. The molecule has 0 aromatic carbocycles. The molecule has 2 aliphatic heterocycles. The summed E-state index contributed by atoms with van der Waals surface area (Å²) in [6, 6.07) is 0.465. The van der Waals surface area contributed by atoms with Crippen LogP contribution in [-0.4, -0.2) is 73.8 Å². The quantitative estimate of drug-likeness (QED) is 0.358. The SMILES string of the molecule is CCNC(=NCCN1CCSCC1)NC1C2CCCOC2C1(C)C.I. The highest BCUT2D eigenvalue weighted by molar-refractivity contribution is 14.0. The van der Waals surface area contributed by atoms with Gasteiger partial charge in [0.25, 0.3) is 0 Å². The molecule has 3 rings (SSSR count). The van der Waals surface area contributed by atoms with Gasteiger partial charge in [0.2, 0.25) is 0 Å². The molecule has 3 unspecified atom stereocenters. The number of ether oxygens (including phenoxy) is 1. The Kier molecular flexibility index (Phi) is 8.62. The molecule has 0 aromatic rings. The Bertz CT molecular complexity index is 443. The van der Waals surface area contributed by atoms with E-state index in [0.29, 0.717) is 18.1 Å². The summed E-state index contributed by atoms with van der Waals surface area (Å²) < 4.78 is 6.02. The predicted molar refractivity (Wildman–Crippen MR) is 118 cm³/mol. The number of nitrogens with zero attached hydrogens (tertiary/aromatic N) is 2. The molecule has 0 radical (unpaired) electrons. The zero-order valence-electron chi connectivity index (χ0n) is 15.9. The van der Waals surface area contributed by atoms with Crippen LogP contribution in [0.3, 0.4) is 0 Å². The van der Waals surface area contributed by atoms with Crippen molar-refractivity contribution >= 4 is 41.7 Å². The lowest BCUT2D eigenvalue weighted by Crippen LogP contribution is -2.71. The van der Waals surface area contributed by atoms with Gasteiger partial charge in [-0.1, -0.05) is 13.8 Å². The summed E-state index contributed by atoms with van der Waals surface area (Å²) in [6.45, 7) is 13.0. The zero-order chi connectivity index (χ0) is 17.0. The molecule has 7 heteroatoms. The van der Waals surface area contributed by atoms with Crippen molar-refractivity contribution in [3.05, 3.63) is 0 Å². The first-order chi connectivity index (χ1) is 11.6. The van der Waals surface area contributed by atoms with Crippen molar-refractivity contribution in [1.29, 1.82) is 0 Å². The summed E-state index contributed by atoms with van der Waals surface area (Å²) in [4.78, 5) is 7.37. The van der Waals surface area contributed by atoms with Crippen LogP contribution in [0.2, 0.25) is 0 Å². The van der Waals surface area contributed by atoms with E-state index in [0.717, 1.165) is 32.2 Å². The summed E-state index contributed by atoms with van der Waals surface area (Å²) in [5.74, 6) is 4.14. The van der Waals surface area contributed by atoms with E-state index in [9.17, 15) is 0 Å². The van der Waals surface area contributed by atoms with Crippen LogP contribution < -0.4 is 10.6 Å². The Labute approximate surface area is 174 Å². The topological polar surface area (TPSA) is 48.9 Å². The van der Waals surface area contributed by atoms with Crippen molar-refractivity contribution in [2.75, 3.05) is 50.8 Å². The first-order valence-electron chi connectivity index (χ1n) is 9.59. The second kappa shape index (κ2) is 9.99. The number of hydrogen-bond acceptors (Lipinski definition) is 4. The van der Waals surface area contributed by atoms with Crippen molar-refractivity contribution in [2.24, 2.45) is 16.3 Å². The molecule has 5 nitrogen and oxygen atoms in total. The molecule has 3 atom stereocenters. The van der Waals surface area contributed by atoms with Gasteiger partial charge >= 0.3 is 0 Å². The first kappa shape index (κ1) is 21.6. The highest BCUT2D eigenvalue weighted by Crippen LogP contribution is 2.51. The molecule has 0 aromatic heterocycles. The Morgan fingerprint density at radius 1 is 1.32 bits per heavy atom. The van der Waals surface area contributed by atoms with Gasteiger partial charge in [-0.05, 0) is 19.8 Å². The lowest BCUT2D eigenvalue weighted by Gasteiger charge is -2.60. The molecule has 0 bridgehead atoms. The van der Waals surface area contributed by atoms with Crippen LogP contribution in [0.4, 0.5) is 0 Å². The van der Waals surface area contributed by atoms with Crippen LogP contribution in [0, 0.1) is 11.3 Å². The number of fused-ring (bicyclic) bond motifs is 1. The van der Waals surface area contributed by atoms with Crippen LogP contribution in [0.5, 0.6) is 0 Å². The van der Waals surface area contributed by atoms with Gasteiger partial charge in [-0.25, -0.2) is 0 Å². The second-order valence-corrected chi connectivity index (χ2v) is 8.98. The van der Waals surface area contributed by atoms with E-state index in [4.69, 9.17) is 9.73 Å². The van der Waals surface area contributed by atoms with Gasteiger partial charge < -0.3 is 15.4 Å². The maximum Gasteiger partial charge on any atom is 0.191 e. The van der Waals surface area contributed by atoms with Crippen molar-refractivity contribution in [3.63, 3.8) is 0 Å². The molecule has 2 heterocycles. The summed E-state index contributed by atoms with van der Waals surface area (Å²) in [6.07, 6.45) is 2.88. The Morgan fingerprint density at radius 3 is 2.80 bits per heavy atom. The maximum absolute atomic E-state index is 6.02.